The highest BCUT2D eigenvalue weighted by atomic mass is 35.5. The number of aliphatic hydroxyl groups excluding tert-OH is 1. The number of benzene rings is 1. The summed E-state index contributed by atoms with van der Waals surface area (Å²) in [5.74, 6) is 0.956. The third kappa shape index (κ3) is 6.15. The zero-order chi connectivity index (χ0) is 20.6. The Bertz CT molecular complexity index is 808. The van der Waals surface area contributed by atoms with E-state index >= 15 is 0 Å². The molecule has 8 heteroatoms. The van der Waals surface area contributed by atoms with E-state index in [1.54, 1.807) is 13.2 Å². The van der Waals surface area contributed by atoms with Crippen LogP contribution in [0.15, 0.2) is 23.6 Å². The molecule has 1 N–H and O–H groups in total. The molecule has 1 heterocycles. The largest absolute Gasteiger partial charge is 0.486 e. The molecule has 1 amide bonds. The molecule has 1 aliphatic rings. The molecule has 1 saturated carbocycles. The molecule has 1 aromatic carbocycles. The van der Waals surface area contributed by atoms with E-state index in [2.05, 4.69) is 4.98 Å². The second-order valence-electron chi connectivity index (χ2n) is 7.17. The smallest absolute Gasteiger partial charge is 0.226 e. The Hall–Kier alpha value is -1.67. The van der Waals surface area contributed by atoms with Crippen LogP contribution in [0.5, 0.6) is 5.75 Å². The number of amides is 1. The summed E-state index contributed by atoms with van der Waals surface area (Å²) in [6, 6.07) is 5.45. The molecule has 0 atom stereocenters. The van der Waals surface area contributed by atoms with Crippen molar-refractivity contribution in [1.29, 1.82) is 0 Å². The van der Waals surface area contributed by atoms with Crippen LogP contribution in [-0.4, -0.2) is 41.2 Å². The third-order valence-corrected chi connectivity index (χ3v) is 6.18. The number of carbonyl (C=O) groups is 1. The zero-order valence-corrected chi connectivity index (χ0v) is 18.2. The van der Waals surface area contributed by atoms with E-state index in [1.165, 1.54) is 11.3 Å². The monoisotopic (exact) mass is 438 g/mol. The molecule has 1 aliphatic carbocycles. The fourth-order valence-electron chi connectivity index (χ4n) is 3.54. The summed E-state index contributed by atoms with van der Waals surface area (Å²) in [7, 11) is 1.64. The van der Waals surface area contributed by atoms with E-state index in [-0.39, 0.29) is 18.4 Å². The topological polar surface area (TPSA) is 71.9 Å². The summed E-state index contributed by atoms with van der Waals surface area (Å²) in [6.45, 7) is 1.66. The lowest BCUT2D eigenvalue weighted by atomic mass is 10.1. The number of halogens is 1. The number of nitrogens with zero attached hydrogens (tertiary/aromatic N) is 2. The molecule has 1 fully saturated rings. The molecule has 0 spiro atoms. The number of rotatable bonds is 10. The van der Waals surface area contributed by atoms with Gasteiger partial charge in [-0.3, -0.25) is 4.79 Å². The molecule has 0 saturated heterocycles. The summed E-state index contributed by atoms with van der Waals surface area (Å²) < 4.78 is 11.2. The van der Waals surface area contributed by atoms with Crippen molar-refractivity contribution in [2.45, 2.75) is 45.4 Å². The van der Waals surface area contributed by atoms with Crippen molar-refractivity contribution >= 4 is 28.8 Å². The van der Waals surface area contributed by atoms with Crippen LogP contribution in [0.1, 0.15) is 41.9 Å². The normalized spacial score (nSPS) is 14.3. The van der Waals surface area contributed by atoms with Gasteiger partial charge in [0.2, 0.25) is 5.91 Å². The summed E-state index contributed by atoms with van der Waals surface area (Å²) >= 11 is 7.67. The van der Waals surface area contributed by atoms with E-state index in [9.17, 15) is 4.79 Å². The standard InChI is InChI=1S/C21H27ClN2O4S/c1-27-9-8-24(21(26)15-4-2-3-5-15)11-16-10-17(22)6-7-19(16)28-13-20-23-18(12-25)14-29-20/h6-7,10,14-15,25H,2-5,8-9,11-13H2,1H3. The maximum Gasteiger partial charge on any atom is 0.226 e. The van der Waals surface area contributed by atoms with Gasteiger partial charge < -0.3 is 19.5 Å². The second-order valence-corrected chi connectivity index (χ2v) is 8.54. The van der Waals surface area contributed by atoms with Gasteiger partial charge in [-0.1, -0.05) is 24.4 Å². The first kappa shape index (κ1) is 22.0. The molecule has 6 nitrogen and oxygen atoms in total. The van der Waals surface area contributed by atoms with Gasteiger partial charge in [0.15, 0.2) is 0 Å². The van der Waals surface area contributed by atoms with Gasteiger partial charge in [-0.25, -0.2) is 4.98 Å². The van der Waals surface area contributed by atoms with Crippen molar-refractivity contribution in [2.75, 3.05) is 20.3 Å². The lowest BCUT2D eigenvalue weighted by molar-refractivity contribution is -0.136. The van der Waals surface area contributed by atoms with Crippen molar-refractivity contribution in [2.24, 2.45) is 5.92 Å². The molecule has 0 aliphatic heterocycles. The van der Waals surface area contributed by atoms with Gasteiger partial charge in [0.05, 0.1) is 18.9 Å². The van der Waals surface area contributed by atoms with Crippen molar-refractivity contribution in [3.05, 3.63) is 44.9 Å². The van der Waals surface area contributed by atoms with Gasteiger partial charge in [-0.15, -0.1) is 11.3 Å². The minimum absolute atomic E-state index is 0.0829. The van der Waals surface area contributed by atoms with E-state index in [0.29, 0.717) is 42.8 Å². The van der Waals surface area contributed by atoms with Gasteiger partial charge in [0.1, 0.15) is 17.4 Å². The van der Waals surface area contributed by atoms with Gasteiger partial charge in [0, 0.05) is 42.1 Å². The molecular weight excluding hydrogens is 412 g/mol. The van der Waals surface area contributed by atoms with E-state index < -0.39 is 0 Å². The van der Waals surface area contributed by atoms with Crippen LogP contribution in [0.3, 0.4) is 0 Å². The van der Waals surface area contributed by atoms with Gasteiger partial charge in [-0.05, 0) is 31.0 Å². The van der Waals surface area contributed by atoms with E-state index in [1.807, 2.05) is 22.4 Å². The predicted octanol–water partition coefficient (Wildman–Crippen LogP) is 4.03. The number of thiazole rings is 1. The second kappa shape index (κ2) is 10.9. The number of ether oxygens (including phenoxy) is 2. The molecule has 0 radical (unpaired) electrons. The van der Waals surface area contributed by atoms with Crippen molar-refractivity contribution < 1.29 is 19.4 Å². The number of carbonyl (C=O) groups excluding carboxylic acids is 1. The lowest BCUT2D eigenvalue weighted by Gasteiger charge is -2.26. The predicted molar refractivity (Wildman–Crippen MR) is 113 cm³/mol. The maximum absolute atomic E-state index is 13.0. The average molecular weight is 439 g/mol. The molecule has 29 heavy (non-hydrogen) atoms. The Kier molecular flexibility index (Phi) is 8.29. The summed E-state index contributed by atoms with van der Waals surface area (Å²) in [5, 5.41) is 12.4. The molecule has 0 unspecified atom stereocenters. The fraction of sp³-hybridized carbons (Fsp3) is 0.524. The number of aliphatic hydroxyl groups is 1. The van der Waals surface area contributed by atoms with Crippen molar-refractivity contribution in [1.82, 2.24) is 9.88 Å². The first-order valence-corrected chi connectivity index (χ1v) is 11.1. The molecule has 1 aromatic heterocycles. The van der Waals surface area contributed by atoms with Crippen molar-refractivity contribution in [3.8, 4) is 5.75 Å². The Morgan fingerprint density at radius 3 is 2.86 bits per heavy atom. The van der Waals surface area contributed by atoms with Crippen LogP contribution in [-0.2, 0) is 29.3 Å². The van der Waals surface area contributed by atoms with Gasteiger partial charge >= 0.3 is 0 Å². The summed E-state index contributed by atoms with van der Waals surface area (Å²) in [5.41, 5.74) is 1.50. The van der Waals surface area contributed by atoms with Crippen molar-refractivity contribution in [3.63, 3.8) is 0 Å². The number of aromatic nitrogens is 1. The first-order valence-electron chi connectivity index (χ1n) is 9.83. The van der Waals surface area contributed by atoms with Crippen LogP contribution in [0.4, 0.5) is 0 Å². The van der Waals surface area contributed by atoms with E-state index in [0.717, 1.165) is 36.3 Å². The quantitative estimate of drug-likeness (QED) is 0.606. The highest BCUT2D eigenvalue weighted by Crippen LogP contribution is 2.30. The average Bonchev–Trinajstić information content (AvgIpc) is 3.41. The van der Waals surface area contributed by atoms with E-state index in [4.69, 9.17) is 26.2 Å². The minimum atomic E-state index is -0.0829. The number of hydrogen-bond acceptors (Lipinski definition) is 6. The Morgan fingerprint density at radius 1 is 1.38 bits per heavy atom. The molecule has 158 valence electrons. The lowest BCUT2D eigenvalue weighted by Crippen LogP contribution is -2.37. The summed E-state index contributed by atoms with van der Waals surface area (Å²) in [4.78, 5) is 19.2. The first-order chi connectivity index (χ1) is 14.1. The number of methoxy groups -OCH3 is 1. The Morgan fingerprint density at radius 2 is 2.17 bits per heavy atom. The zero-order valence-electron chi connectivity index (χ0n) is 16.6. The van der Waals surface area contributed by atoms with Crippen LogP contribution < -0.4 is 4.74 Å². The molecule has 2 aromatic rings. The maximum atomic E-state index is 13.0. The molecular formula is C21H27ClN2O4S. The summed E-state index contributed by atoms with van der Waals surface area (Å²) in [6.07, 6.45) is 4.14. The number of hydrogen-bond donors (Lipinski definition) is 1. The van der Waals surface area contributed by atoms with Crippen LogP contribution in [0.2, 0.25) is 5.02 Å². The highest BCUT2D eigenvalue weighted by Gasteiger charge is 2.27. The molecule has 3 rings (SSSR count). The van der Waals surface area contributed by atoms with Crippen LogP contribution in [0, 0.1) is 5.92 Å². The Balaban J connectivity index is 1.73. The van der Waals surface area contributed by atoms with Crippen LogP contribution >= 0.6 is 22.9 Å². The molecule has 0 bridgehead atoms. The SMILES string of the molecule is COCCN(Cc1cc(Cl)ccc1OCc1nc(CO)cs1)C(=O)C1CCCC1. The highest BCUT2D eigenvalue weighted by molar-refractivity contribution is 7.09. The van der Waals surface area contributed by atoms with Gasteiger partial charge in [0.25, 0.3) is 0 Å². The van der Waals surface area contributed by atoms with Crippen LogP contribution in [0.25, 0.3) is 0 Å². The Labute approximate surface area is 180 Å². The minimum Gasteiger partial charge on any atom is -0.486 e. The van der Waals surface area contributed by atoms with Gasteiger partial charge in [-0.2, -0.15) is 0 Å². The fourth-order valence-corrected chi connectivity index (χ4v) is 4.44. The third-order valence-electron chi connectivity index (χ3n) is 5.08.